The Hall–Kier alpha value is -3.19. The predicted molar refractivity (Wildman–Crippen MR) is 120 cm³/mol. The summed E-state index contributed by atoms with van der Waals surface area (Å²) in [5, 5.41) is 6.93. The number of amides is 1. The molecule has 3 heterocycles. The average molecular weight is 433 g/mol. The zero-order valence-electron chi connectivity index (χ0n) is 18.3. The molecule has 5 rings (SSSR count). The lowest BCUT2D eigenvalue weighted by atomic mass is 10.0. The Balaban J connectivity index is 1.24. The molecule has 7 nitrogen and oxygen atoms in total. The van der Waals surface area contributed by atoms with Crippen LogP contribution in [0.1, 0.15) is 41.3 Å². The number of carbonyl (C=O) groups is 1. The molecule has 1 amide bonds. The highest BCUT2D eigenvalue weighted by atomic mass is 16.5. The summed E-state index contributed by atoms with van der Waals surface area (Å²) in [6.07, 6.45) is 6.06. The molecule has 0 radical (unpaired) electrons. The van der Waals surface area contributed by atoms with E-state index in [0.717, 1.165) is 41.2 Å². The molecule has 1 saturated heterocycles. The summed E-state index contributed by atoms with van der Waals surface area (Å²) >= 11 is 0. The Morgan fingerprint density at radius 2 is 2.12 bits per heavy atom. The lowest BCUT2D eigenvalue weighted by Crippen LogP contribution is -2.42. The molecule has 166 valence electrons. The molecule has 32 heavy (non-hydrogen) atoms. The fourth-order valence-electron chi connectivity index (χ4n) is 4.67. The second-order valence-corrected chi connectivity index (χ2v) is 8.40. The van der Waals surface area contributed by atoms with Gasteiger partial charge in [0, 0.05) is 19.2 Å². The van der Waals surface area contributed by atoms with Crippen molar-refractivity contribution in [1.29, 1.82) is 0 Å². The molecule has 1 N–H and O–H groups in total. The fraction of sp³-hybridized carbons (Fsp3) is 0.400. The van der Waals surface area contributed by atoms with Crippen LogP contribution in [0.5, 0.6) is 5.75 Å². The van der Waals surface area contributed by atoms with Gasteiger partial charge in [-0.25, -0.2) is 4.98 Å². The largest absolute Gasteiger partial charge is 0.496 e. The Morgan fingerprint density at radius 1 is 1.25 bits per heavy atom. The number of hydrogen-bond donors (Lipinski definition) is 1. The van der Waals surface area contributed by atoms with E-state index in [1.54, 1.807) is 13.3 Å². The number of hydrogen-bond acceptors (Lipinski definition) is 5. The Morgan fingerprint density at radius 3 is 2.94 bits per heavy atom. The molecule has 7 heteroatoms. The van der Waals surface area contributed by atoms with Crippen LogP contribution in [0.15, 0.2) is 42.6 Å². The van der Waals surface area contributed by atoms with E-state index >= 15 is 0 Å². The van der Waals surface area contributed by atoms with Crippen molar-refractivity contribution in [2.24, 2.45) is 0 Å². The average Bonchev–Trinajstić information content (AvgIpc) is 3.54. The molecule has 1 aromatic carbocycles. The second-order valence-electron chi connectivity index (χ2n) is 8.40. The molecular formula is C25H28N4O3. The minimum Gasteiger partial charge on any atom is -0.496 e. The standard InChI is InChI=1S/C25H28N4O3/c1-31-23-15-18-5-2-4-17(18)14-19(23)8-9-25(30)29-12-13-32-24(16-29)22-7-3-6-20(27-22)21-10-11-26-28-21/h3,6-7,10-11,14-15,24H,2,4-5,8-9,12-13,16H2,1H3,(H,26,28). The van der Waals surface area contributed by atoms with E-state index in [1.165, 1.54) is 17.5 Å². The lowest BCUT2D eigenvalue weighted by Gasteiger charge is -2.33. The van der Waals surface area contributed by atoms with Crippen molar-refractivity contribution in [3.63, 3.8) is 0 Å². The lowest BCUT2D eigenvalue weighted by molar-refractivity contribution is -0.139. The number of pyridine rings is 1. The molecule has 1 atom stereocenters. The van der Waals surface area contributed by atoms with Crippen LogP contribution >= 0.6 is 0 Å². The van der Waals surface area contributed by atoms with Crippen molar-refractivity contribution in [3.8, 4) is 17.1 Å². The number of morpholine rings is 1. The maximum atomic E-state index is 13.0. The number of ether oxygens (including phenoxy) is 2. The van der Waals surface area contributed by atoms with Gasteiger partial charge in [-0.3, -0.25) is 9.89 Å². The maximum Gasteiger partial charge on any atom is 0.223 e. The summed E-state index contributed by atoms with van der Waals surface area (Å²) in [6, 6.07) is 12.1. The van der Waals surface area contributed by atoms with Crippen molar-refractivity contribution >= 4 is 5.91 Å². The maximum absolute atomic E-state index is 13.0. The smallest absolute Gasteiger partial charge is 0.223 e. The van der Waals surface area contributed by atoms with Crippen LogP contribution in [-0.4, -0.2) is 52.8 Å². The fourth-order valence-corrected chi connectivity index (χ4v) is 4.67. The van der Waals surface area contributed by atoms with Gasteiger partial charge in [0.2, 0.25) is 5.91 Å². The Kier molecular flexibility index (Phi) is 5.90. The Labute approximate surface area is 187 Å². The predicted octanol–water partition coefficient (Wildman–Crippen LogP) is 3.50. The van der Waals surface area contributed by atoms with E-state index in [1.807, 2.05) is 29.2 Å². The first kappa shape index (κ1) is 20.7. The summed E-state index contributed by atoms with van der Waals surface area (Å²) in [5.74, 6) is 1.05. The van der Waals surface area contributed by atoms with Crippen LogP contribution in [0.3, 0.4) is 0 Å². The Bertz CT molecular complexity index is 1100. The molecule has 2 aromatic heterocycles. The van der Waals surface area contributed by atoms with Crippen molar-refractivity contribution in [1.82, 2.24) is 20.1 Å². The van der Waals surface area contributed by atoms with Gasteiger partial charge in [-0.05, 0) is 66.6 Å². The molecule has 3 aromatic rings. The number of aryl methyl sites for hydroxylation is 3. The molecule has 1 aliphatic carbocycles. The topological polar surface area (TPSA) is 80.3 Å². The van der Waals surface area contributed by atoms with Gasteiger partial charge in [0.25, 0.3) is 0 Å². The van der Waals surface area contributed by atoms with E-state index in [-0.39, 0.29) is 12.0 Å². The van der Waals surface area contributed by atoms with E-state index in [4.69, 9.17) is 14.5 Å². The van der Waals surface area contributed by atoms with Crippen molar-refractivity contribution in [2.75, 3.05) is 26.8 Å². The molecule has 1 fully saturated rings. The highest BCUT2D eigenvalue weighted by Crippen LogP contribution is 2.31. The number of nitrogens with zero attached hydrogens (tertiary/aromatic N) is 3. The van der Waals surface area contributed by atoms with Gasteiger partial charge in [0.15, 0.2) is 0 Å². The van der Waals surface area contributed by atoms with Crippen molar-refractivity contribution < 1.29 is 14.3 Å². The third-order valence-corrected chi connectivity index (χ3v) is 6.40. The van der Waals surface area contributed by atoms with Crippen LogP contribution in [0.4, 0.5) is 0 Å². The van der Waals surface area contributed by atoms with Gasteiger partial charge in [0.1, 0.15) is 11.9 Å². The first-order chi connectivity index (χ1) is 15.7. The van der Waals surface area contributed by atoms with Crippen LogP contribution in [0, 0.1) is 0 Å². The van der Waals surface area contributed by atoms with E-state index in [0.29, 0.717) is 32.5 Å². The number of nitrogens with one attached hydrogen (secondary N) is 1. The molecule has 1 aliphatic heterocycles. The number of rotatable bonds is 6. The number of H-pyrrole nitrogens is 1. The van der Waals surface area contributed by atoms with Crippen molar-refractivity contribution in [3.05, 3.63) is 65.0 Å². The number of aromatic amines is 1. The zero-order chi connectivity index (χ0) is 21.9. The van der Waals surface area contributed by atoms with E-state index < -0.39 is 0 Å². The molecule has 0 bridgehead atoms. The van der Waals surface area contributed by atoms with Gasteiger partial charge >= 0.3 is 0 Å². The monoisotopic (exact) mass is 432 g/mol. The highest BCUT2D eigenvalue weighted by Gasteiger charge is 2.27. The third kappa shape index (κ3) is 4.25. The van der Waals surface area contributed by atoms with Crippen molar-refractivity contribution in [2.45, 2.75) is 38.2 Å². The third-order valence-electron chi connectivity index (χ3n) is 6.40. The minimum absolute atomic E-state index is 0.144. The first-order valence-electron chi connectivity index (χ1n) is 11.3. The summed E-state index contributed by atoms with van der Waals surface area (Å²) in [4.78, 5) is 19.7. The molecular weight excluding hydrogens is 404 g/mol. The van der Waals surface area contributed by atoms with Gasteiger partial charge in [-0.15, -0.1) is 0 Å². The van der Waals surface area contributed by atoms with Gasteiger partial charge in [-0.1, -0.05) is 12.1 Å². The summed E-state index contributed by atoms with van der Waals surface area (Å²) in [7, 11) is 1.71. The number of aromatic nitrogens is 3. The summed E-state index contributed by atoms with van der Waals surface area (Å²) < 4.78 is 11.6. The number of fused-ring (bicyclic) bond motifs is 1. The molecule has 0 spiro atoms. The number of benzene rings is 1. The van der Waals surface area contributed by atoms with Crippen LogP contribution in [0.25, 0.3) is 11.4 Å². The van der Waals surface area contributed by atoms with Crippen LogP contribution in [-0.2, 0) is 28.8 Å². The van der Waals surface area contributed by atoms with E-state index in [9.17, 15) is 4.79 Å². The SMILES string of the molecule is COc1cc2c(cc1CCC(=O)N1CCOC(c3cccc(-c4ccn[nH]4)n3)C1)CCC2. The quantitative estimate of drug-likeness (QED) is 0.645. The van der Waals surface area contributed by atoms with Gasteiger partial charge < -0.3 is 14.4 Å². The molecule has 0 saturated carbocycles. The van der Waals surface area contributed by atoms with E-state index in [2.05, 4.69) is 22.3 Å². The molecule has 2 aliphatic rings. The van der Waals surface area contributed by atoms with Crippen LogP contribution in [0.2, 0.25) is 0 Å². The number of methoxy groups -OCH3 is 1. The zero-order valence-corrected chi connectivity index (χ0v) is 18.3. The summed E-state index contributed by atoms with van der Waals surface area (Å²) in [6.45, 7) is 1.63. The molecule has 1 unspecified atom stereocenters. The number of carbonyl (C=O) groups excluding carboxylic acids is 1. The summed E-state index contributed by atoms with van der Waals surface area (Å²) in [5.41, 5.74) is 6.42. The first-order valence-corrected chi connectivity index (χ1v) is 11.3. The van der Waals surface area contributed by atoms with Crippen LogP contribution < -0.4 is 4.74 Å². The van der Waals surface area contributed by atoms with Gasteiger partial charge in [0.05, 0.1) is 37.3 Å². The highest BCUT2D eigenvalue weighted by molar-refractivity contribution is 5.76. The second kappa shape index (κ2) is 9.12. The van der Waals surface area contributed by atoms with Gasteiger partial charge in [-0.2, -0.15) is 5.10 Å². The normalized spacial score (nSPS) is 17.9. The minimum atomic E-state index is -0.231.